The zero-order valence-electron chi connectivity index (χ0n) is 10.4. The summed E-state index contributed by atoms with van der Waals surface area (Å²) in [4.78, 5) is 10.7. The van der Waals surface area contributed by atoms with Crippen LogP contribution in [0.1, 0.15) is 5.56 Å². The van der Waals surface area contributed by atoms with E-state index in [1.54, 1.807) is 48.5 Å². The first-order valence-corrected chi connectivity index (χ1v) is 6.75. The van der Waals surface area contributed by atoms with Crippen LogP contribution in [0.25, 0.3) is 0 Å². The van der Waals surface area contributed by atoms with Gasteiger partial charge in [0.1, 0.15) is 16.9 Å². The zero-order valence-corrected chi connectivity index (χ0v) is 11.9. The molecule has 0 amide bonds. The molecule has 0 saturated heterocycles. The number of carboxylic acids is 1. The van der Waals surface area contributed by atoms with E-state index in [-0.39, 0.29) is 6.42 Å². The van der Waals surface area contributed by atoms with Gasteiger partial charge in [-0.15, -0.1) is 11.6 Å². The fraction of sp³-hybridized carbons (Fsp3) is 0.133. The third kappa shape index (κ3) is 4.15. The minimum absolute atomic E-state index is 0.276. The molecule has 0 radical (unpaired) electrons. The standard InChI is InChI=1S/C15H12Cl2O3/c16-11-3-7-13(8-4-11)20-12-5-1-10(2-6-12)9-14(17)15(18)19/h1-8,14H,9H2,(H,18,19). The smallest absolute Gasteiger partial charge is 0.321 e. The molecule has 0 aliphatic heterocycles. The van der Waals surface area contributed by atoms with Crippen molar-refractivity contribution in [3.05, 3.63) is 59.1 Å². The molecule has 20 heavy (non-hydrogen) atoms. The van der Waals surface area contributed by atoms with Crippen LogP contribution in [0.15, 0.2) is 48.5 Å². The number of hydrogen-bond acceptors (Lipinski definition) is 2. The lowest BCUT2D eigenvalue weighted by molar-refractivity contribution is -0.136. The second kappa shape index (κ2) is 6.64. The van der Waals surface area contributed by atoms with Crippen LogP contribution < -0.4 is 4.74 Å². The van der Waals surface area contributed by atoms with Crippen molar-refractivity contribution >= 4 is 29.2 Å². The molecule has 0 aromatic heterocycles. The molecule has 0 aliphatic rings. The van der Waals surface area contributed by atoms with Crippen LogP contribution in [0, 0.1) is 0 Å². The summed E-state index contributed by atoms with van der Waals surface area (Å²) in [5.74, 6) is 0.327. The Bertz CT molecular complexity index is 579. The van der Waals surface area contributed by atoms with Crippen LogP contribution in [0.4, 0.5) is 0 Å². The number of halogens is 2. The van der Waals surface area contributed by atoms with Gasteiger partial charge in [-0.2, -0.15) is 0 Å². The maximum Gasteiger partial charge on any atom is 0.321 e. The third-order valence-electron chi connectivity index (χ3n) is 2.66. The van der Waals surface area contributed by atoms with Crippen molar-refractivity contribution in [2.75, 3.05) is 0 Å². The molecular weight excluding hydrogens is 299 g/mol. The van der Waals surface area contributed by atoms with Crippen molar-refractivity contribution in [2.24, 2.45) is 0 Å². The molecule has 0 fully saturated rings. The number of carboxylic acid groups (broad SMARTS) is 1. The Labute approximate surface area is 126 Å². The molecular formula is C15H12Cl2O3. The average molecular weight is 311 g/mol. The number of hydrogen-bond donors (Lipinski definition) is 1. The highest BCUT2D eigenvalue weighted by molar-refractivity contribution is 6.30. The summed E-state index contributed by atoms with van der Waals surface area (Å²) in [6.07, 6.45) is 0.276. The van der Waals surface area contributed by atoms with Crippen molar-refractivity contribution in [3.63, 3.8) is 0 Å². The van der Waals surface area contributed by atoms with Gasteiger partial charge < -0.3 is 9.84 Å². The first kappa shape index (κ1) is 14.7. The number of benzene rings is 2. The number of aliphatic carboxylic acids is 1. The number of alkyl halides is 1. The summed E-state index contributed by atoms with van der Waals surface area (Å²) in [7, 11) is 0. The Hall–Kier alpha value is -1.71. The largest absolute Gasteiger partial charge is 0.480 e. The molecule has 0 spiro atoms. The molecule has 3 nitrogen and oxygen atoms in total. The van der Waals surface area contributed by atoms with Gasteiger partial charge in [-0.3, -0.25) is 4.79 Å². The molecule has 0 bridgehead atoms. The minimum Gasteiger partial charge on any atom is -0.480 e. The first-order valence-electron chi connectivity index (χ1n) is 5.94. The summed E-state index contributed by atoms with van der Waals surface area (Å²) in [5.41, 5.74) is 0.843. The SMILES string of the molecule is O=C(O)C(Cl)Cc1ccc(Oc2ccc(Cl)cc2)cc1. The molecule has 2 aromatic rings. The van der Waals surface area contributed by atoms with E-state index in [0.29, 0.717) is 16.5 Å². The zero-order chi connectivity index (χ0) is 14.5. The number of rotatable bonds is 5. The van der Waals surface area contributed by atoms with Crippen LogP contribution in [0.2, 0.25) is 5.02 Å². The quantitative estimate of drug-likeness (QED) is 0.834. The molecule has 2 aromatic carbocycles. The molecule has 0 heterocycles. The average Bonchev–Trinajstić information content (AvgIpc) is 2.43. The van der Waals surface area contributed by atoms with Gasteiger partial charge in [-0.1, -0.05) is 23.7 Å². The molecule has 1 atom stereocenters. The fourth-order valence-corrected chi connectivity index (χ4v) is 1.93. The normalized spacial score (nSPS) is 11.9. The van der Waals surface area contributed by atoms with Gasteiger partial charge in [0.2, 0.25) is 0 Å². The number of carbonyl (C=O) groups is 1. The van der Waals surface area contributed by atoms with Crippen LogP contribution in [-0.4, -0.2) is 16.5 Å². The fourth-order valence-electron chi connectivity index (χ4n) is 1.63. The van der Waals surface area contributed by atoms with Crippen LogP contribution in [0.3, 0.4) is 0 Å². The molecule has 2 rings (SSSR count). The predicted molar refractivity (Wildman–Crippen MR) is 78.9 cm³/mol. The Morgan fingerprint density at radius 2 is 1.55 bits per heavy atom. The second-order valence-electron chi connectivity index (χ2n) is 4.21. The Kier molecular flexibility index (Phi) is 4.88. The van der Waals surface area contributed by atoms with Crippen molar-refractivity contribution < 1.29 is 14.6 Å². The van der Waals surface area contributed by atoms with Gasteiger partial charge in [0, 0.05) is 5.02 Å². The van der Waals surface area contributed by atoms with Crippen LogP contribution in [0.5, 0.6) is 11.5 Å². The van der Waals surface area contributed by atoms with E-state index in [0.717, 1.165) is 5.56 Å². The number of ether oxygens (including phenoxy) is 1. The van der Waals surface area contributed by atoms with Gasteiger partial charge in [0.25, 0.3) is 0 Å². The molecule has 0 saturated carbocycles. The van der Waals surface area contributed by atoms with E-state index in [4.69, 9.17) is 33.0 Å². The van der Waals surface area contributed by atoms with Crippen molar-refractivity contribution in [1.29, 1.82) is 0 Å². The van der Waals surface area contributed by atoms with Crippen LogP contribution >= 0.6 is 23.2 Å². The lowest BCUT2D eigenvalue weighted by atomic mass is 10.1. The summed E-state index contributed by atoms with van der Waals surface area (Å²) in [5, 5.41) is 8.48. The summed E-state index contributed by atoms with van der Waals surface area (Å²) in [6.45, 7) is 0. The highest BCUT2D eigenvalue weighted by Crippen LogP contribution is 2.23. The van der Waals surface area contributed by atoms with E-state index in [2.05, 4.69) is 0 Å². The second-order valence-corrected chi connectivity index (χ2v) is 5.17. The Morgan fingerprint density at radius 1 is 1.05 bits per heavy atom. The predicted octanol–water partition coefficient (Wildman–Crippen LogP) is 4.37. The van der Waals surface area contributed by atoms with E-state index in [9.17, 15) is 4.79 Å². The summed E-state index contributed by atoms with van der Waals surface area (Å²) in [6, 6.07) is 14.2. The lowest BCUT2D eigenvalue weighted by Crippen LogP contribution is -2.15. The van der Waals surface area contributed by atoms with Crippen LogP contribution in [-0.2, 0) is 11.2 Å². The lowest BCUT2D eigenvalue weighted by Gasteiger charge is -2.08. The maximum atomic E-state index is 10.7. The van der Waals surface area contributed by atoms with Crippen molar-refractivity contribution in [2.45, 2.75) is 11.8 Å². The highest BCUT2D eigenvalue weighted by Gasteiger charge is 2.13. The third-order valence-corrected chi connectivity index (χ3v) is 3.25. The van der Waals surface area contributed by atoms with Crippen molar-refractivity contribution in [3.8, 4) is 11.5 Å². The van der Waals surface area contributed by atoms with Gasteiger partial charge >= 0.3 is 5.97 Å². The molecule has 0 aliphatic carbocycles. The van der Waals surface area contributed by atoms with Crippen molar-refractivity contribution in [1.82, 2.24) is 0 Å². The molecule has 104 valence electrons. The van der Waals surface area contributed by atoms with Gasteiger partial charge in [0.05, 0.1) is 0 Å². The maximum absolute atomic E-state index is 10.7. The Morgan fingerprint density at radius 3 is 2.05 bits per heavy atom. The minimum atomic E-state index is -1.02. The Balaban J connectivity index is 2.01. The van der Waals surface area contributed by atoms with Gasteiger partial charge in [0.15, 0.2) is 0 Å². The van der Waals surface area contributed by atoms with E-state index in [1.807, 2.05) is 0 Å². The molecule has 1 unspecified atom stereocenters. The molecule has 5 heteroatoms. The topological polar surface area (TPSA) is 46.5 Å². The highest BCUT2D eigenvalue weighted by atomic mass is 35.5. The van der Waals surface area contributed by atoms with Gasteiger partial charge in [-0.25, -0.2) is 0 Å². The molecule has 1 N–H and O–H groups in total. The summed E-state index contributed by atoms with van der Waals surface area (Å²) < 4.78 is 5.63. The monoisotopic (exact) mass is 310 g/mol. The van der Waals surface area contributed by atoms with E-state index >= 15 is 0 Å². The van der Waals surface area contributed by atoms with Gasteiger partial charge in [-0.05, 0) is 48.4 Å². The summed E-state index contributed by atoms with van der Waals surface area (Å²) >= 11 is 11.5. The van der Waals surface area contributed by atoms with E-state index < -0.39 is 11.3 Å². The first-order chi connectivity index (χ1) is 9.54. The van der Waals surface area contributed by atoms with E-state index in [1.165, 1.54) is 0 Å².